The number of benzene rings is 1. The lowest BCUT2D eigenvalue weighted by atomic mass is 10.2. The van der Waals surface area contributed by atoms with Crippen molar-refractivity contribution in [3.8, 4) is 5.75 Å². The summed E-state index contributed by atoms with van der Waals surface area (Å²) in [5.74, 6) is -0.359. The second-order valence-corrected chi connectivity index (χ2v) is 5.28. The zero-order valence-corrected chi connectivity index (χ0v) is 12.8. The number of ether oxygens (including phenoxy) is 1. The van der Waals surface area contributed by atoms with Gasteiger partial charge in [-0.15, -0.1) is 0 Å². The van der Waals surface area contributed by atoms with Crippen LogP contribution in [0.4, 0.5) is 0 Å². The molecular formula is C16H23NO4. The zero-order valence-electron chi connectivity index (χ0n) is 12.8. The van der Waals surface area contributed by atoms with Crippen LogP contribution >= 0.6 is 0 Å². The molecule has 0 saturated heterocycles. The molecule has 116 valence electrons. The van der Waals surface area contributed by atoms with Crippen molar-refractivity contribution in [1.82, 2.24) is 4.90 Å². The van der Waals surface area contributed by atoms with Crippen LogP contribution in [0.3, 0.4) is 0 Å². The number of aliphatic carboxylic acids is 1. The Morgan fingerprint density at radius 3 is 2.62 bits per heavy atom. The van der Waals surface area contributed by atoms with Crippen molar-refractivity contribution in [3.63, 3.8) is 0 Å². The molecule has 1 amide bonds. The molecule has 1 aromatic carbocycles. The van der Waals surface area contributed by atoms with E-state index in [2.05, 4.69) is 0 Å². The molecule has 21 heavy (non-hydrogen) atoms. The van der Waals surface area contributed by atoms with Crippen molar-refractivity contribution < 1.29 is 19.4 Å². The van der Waals surface area contributed by atoms with Gasteiger partial charge in [-0.1, -0.05) is 12.1 Å². The van der Waals surface area contributed by atoms with Crippen molar-refractivity contribution in [1.29, 1.82) is 0 Å². The summed E-state index contributed by atoms with van der Waals surface area (Å²) >= 11 is 0. The molecule has 1 N–H and O–H groups in total. The molecule has 1 aromatic rings. The summed E-state index contributed by atoms with van der Waals surface area (Å²) < 4.78 is 5.57. The van der Waals surface area contributed by atoms with Gasteiger partial charge in [0.25, 0.3) is 0 Å². The Kier molecular flexibility index (Phi) is 6.72. The average Bonchev–Trinajstić information content (AvgIpc) is 2.40. The van der Waals surface area contributed by atoms with Crippen molar-refractivity contribution >= 4 is 11.9 Å². The van der Waals surface area contributed by atoms with Crippen LogP contribution in [0.25, 0.3) is 0 Å². The first kappa shape index (κ1) is 17.0. The molecule has 5 nitrogen and oxygen atoms in total. The fourth-order valence-electron chi connectivity index (χ4n) is 1.97. The van der Waals surface area contributed by atoms with Crippen LogP contribution in [0.1, 0.15) is 32.3 Å². The third kappa shape index (κ3) is 6.29. The number of carbonyl (C=O) groups is 2. The van der Waals surface area contributed by atoms with E-state index in [0.717, 1.165) is 11.3 Å². The molecule has 0 heterocycles. The predicted octanol–water partition coefficient (Wildman–Crippen LogP) is 2.48. The summed E-state index contributed by atoms with van der Waals surface area (Å²) in [6.45, 7) is 5.79. The van der Waals surface area contributed by atoms with E-state index >= 15 is 0 Å². The molecule has 0 saturated carbocycles. The van der Waals surface area contributed by atoms with E-state index in [1.807, 2.05) is 45.0 Å². The van der Waals surface area contributed by atoms with Crippen LogP contribution in [0.5, 0.6) is 5.75 Å². The van der Waals surface area contributed by atoms with Gasteiger partial charge in [-0.05, 0) is 44.9 Å². The van der Waals surface area contributed by atoms with Gasteiger partial charge in [0.2, 0.25) is 5.91 Å². The number of nitrogens with zero attached hydrogens (tertiary/aromatic N) is 1. The minimum absolute atomic E-state index is 0.119. The van der Waals surface area contributed by atoms with Crippen molar-refractivity contribution in [2.24, 2.45) is 0 Å². The molecule has 0 aliphatic carbocycles. The minimum Gasteiger partial charge on any atom is -0.494 e. The molecule has 0 atom stereocenters. The molecule has 1 rings (SSSR count). The highest BCUT2D eigenvalue weighted by Crippen LogP contribution is 2.13. The Labute approximate surface area is 125 Å². The Morgan fingerprint density at radius 1 is 1.33 bits per heavy atom. The number of aryl methyl sites for hydroxylation is 1. The van der Waals surface area contributed by atoms with E-state index in [0.29, 0.717) is 13.0 Å². The van der Waals surface area contributed by atoms with Crippen molar-refractivity contribution in [2.75, 3.05) is 13.2 Å². The van der Waals surface area contributed by atoms with Crippen molar-refractivity contribution in [3.05, 3.63) is 29.8 Å². The summed E-state index contributed by atoms with van der Waals surface area (Å²) in [5.41, 5.74) is 1.12. The standard InChI is InChI=1S/C16H23NO4/c1-12(2)17(11-16(19)20)15(18)8-5-9-21-14-7-4-6-13(3)10-14/h4,6-7,10,12H,5,8-9,11H2,1-3H3,(H,19,20). The van der Waals surface area contributed by atoms with Gasteiger partial charge < -0.3 is 14.7 Å². The zero-order chi connectivity index (χ0) is 15.8. The van der Waals surface area contributed by atoms with Gasteiger partial charge in [-0.3, -0.25) is 9.59 Å². The highest BCUT2D eigenvalue weighted by Gasteiger charge is 2.19. The molecule has 0 radical (unpaired) electrons. The number of hydrogen-bond donors (Lipinski definition) is 1. The second-order valence-electron chi connectivity index (χ2n) is 5.28. The lowest BCUT2D eigenvalue weighted by Gasteiger charge is -2.24. The fraction of sp³-hybridized carbons (Fsp3) is 0.500. The molecule has 0 spiro atoms. The van der Waals surface area contributed by atoms with E-state index in [4.69, 9.17) is 9.84 Å². The number of carboxylic acid groups (broad SMARTS) is 1. The van der Waals surface area contributed by atoms with Gasteiger partial charge in [0.05, 0.1) is 6.61 Å². The Morgan fingerprint density at radius 2 is 2.05 bits per heavy atom. The molecular weight excluding hydrogens is 270 g/mol. The topological polar surface area (TPSA) is 66.8 Å². The maximum Gasteiger partial charge on any atom is 0.323 e. The Hall–Kier alpha value is -2.04. The summed E-state index contributed by atoms with van der Waals surface area (Å²) in [5, 5.41) is 8.81. The quantitative estimate of drug-likeness (QED) is 0.748. The lowest BCUT2D eigenvalue weighted by Crippen LogP contribution is -2.40. The number of rotatable bonds is 8. The van der Waals surface area contributed by atoms with Gasteiger partial charge >= 0.3 is 5.97 Å². The van der Waals surface area contributed by atoms with Crippen LogP contribution in [0.15, 0.2) is 24.3 Å². The molecule has 0 aliphatic rings. The highest BCUT2D eigenvalue weighted by atomic mass is 16.5. The van der Waals surface area contributed by atoms with E-state index in [9.17, 15) is 9.59 Å². The van der Waals surface area contributed by atoms with Crippen LogP contribution in [0, 0.1) is 6.92 Å². The first-order chi connectivity index (χ1) is 9.90. The number of carbonyl (C=O) groups excluding carboxylic acids is 1. The fourth-order valence-corrected chi connectivity index (χ4v) is 1.97. The van der Waals surface area contributed by atoms with E-state index < -0.39 is 5.97 Å². The third-order valence-corrected chi connectivity index (χ3v) is 3.04. The van der Waals surface area contributed by atoms with Crippen LogP contribution < -0.4 is 4.74 Å². The monoisotopic (exact) mass is 293 g/mol. The number of amides is 1. The summed E-state index contributed by atoms with van der Waals surface area (Å²) in [6, 6.07) is 7.60. The maximum atomic E-state index is 12.0. The van der Waals surface area contributed by atoms with Gasteiger partial charge in [0.1, 0.15) is 12.3 Å². The van der Waals surface area contributed by atoms with Crippen LogP contribution in [0.2, 0.25) is 0 Å². The summed E-state index contributed by atoms with van der Waals surface area (Å²) in [7, 11) is 0. The van der Waals surface area contributed by atoms with E-state index in [1.54, 1.807) is 0 Å². The third-order valence-electron chi connectivity index (χ3n) is 3.04. The molecule has 0 aliphatic heterocycles. The highest BCUT2D eigenvalue weighted by molar-refractivity contribution is 5.81. The van der Waals surface area contributed by atoms with Gasteiger partial charge in [-0.2, -0.15) is 0 Å². The number of hydrogen-bond acceptors (Lipinski definition) is 3. The molecule has 5 heteroatoms. The molecule has 0 aromatic heterocycles. The first-order valence-electron chi connectivity index (χ1n) is 7.11. The Bertz CT molecular complexity index is 485. The van der Waals surface area contributed by atoms with Crippen LogP contribution in [-0.2, 0) is 9.59 Å². The normalized spacial score (nSPS) is 10.5. The summed E-state index contributed by atoms with van der Waals surface area (Å²) in [4.78, 5) is 24.1. The van der Waals surface area contributed by atoms with Gasteiger partial charge in [0.15, 0.2) is 0 Å². The largest absolute Gasteiger partial charge is 0.494 e. The molecule has 0 unspecified atom stereocenters. The smallest absolute Gasteiger partial charge is 0.323 e. The van der Waals surface area contributed by atoms with E-state index in [-0.39, 0.29) is 24.9 Å². The van der Waals surface area contributed by atoms with Crippen molar-refractivity contribution in [2.45, 2.75) is 39.7 Å². The Balaban J connectivity index is 2.36. The van der Waals surface area contributed by atoms with Gasteiger partial charge in [-0.25, -0.2) is 0 Å². The number of carboxylic acids is 1. The van der Waals surface area contributed by atoms with Crippen LogP contribution in [-0.4, -0.2) is 41.1 Å². The molecule has 0 fully saturated rings. The molecule has 0 bridgehead atoms. The van der Waals surface area contributed by atoms with Gasteiger partial charge in [0, 0.05) is 12.5 Å². The SMILES string of the molecule is Cc1cccc(OCCCC(=O)N(CC(=O)O)C(C)C)c1. The first-order valence-corrected chi connectivity index (χ1v) is 7.11. The lowest BCUT2D eigenvalue weighted by molar-refractivity contribution is -0.145. The maximum absolute atomic E-state index is 12.0. The van der Waals surface area contributed by atoms with E-state index in [1.165, 1.54) is 4.90 Å². The predicted molar refractivity (Wildman–Crippen MR) is 80.4 cm³/mol. The minimum atomic E-state index is -0.993. The second kappa shape index (κ2) is 8.29. The summed E-state index contributed by atoms with van der Waals surface area (Å²) in [6.07, 6.45) is 0.854. The average molecular weight is 293 g/mol.